The van der Waals surface area contributed by atoms with Crippen LogP contribution in [0.4, 0.5) is 0 Å². The van der Waals surface area contributed by atoms with Crippen LogP contribution in [0.15, 0.2) is 65.6 Å². The van der Waals surface area contributed by atoms with E-state index in [4.69, 9.17) is 9.47 Å². The van der Waals surface area contributed by atoms with Gasteiger partial charge in [-0.1, -0.05) is 24.3 Å². The number of nitrogens with zero attached hydrogens (tertiary/aromatic N) is 1. The predicted octanol–water partition coefficient (Wildman–Crippen LogP) is 0.966. The van der Waals surface area contributed by atoms with Crippen molar-refractivity contribution >= 4 is 17.7 Å². The maximum absolute atomic E-state index is 11.1. The molecule has 2 aromatic carbocycles. The SMILES string of the molecule is CCO[C@@H](Cc1ccc(OCCn2c(C)ccc2-c2ccc(SC)cc2)cc1)C(=O)[O-].[Li+]. The number of aromatic nitrogens is 1. The van der Waals surface area contributed by atoms with E-state index < -0.39 is 12.1 Å². The summed E-state index contributed by atoms with van der Waals surface area (Å²) in [6.07, 6.45) is 1.42. The van der Waals surface area contributed by atoms with Crippen LogP contribution in [0.2, 0.25) is 0 Å². The molecule has 0 amide bonds. The third-order valence-corrected chi connectivity index (χ3v) is 5.89. The second-order valence-corrected chi connectivity index (χ2v) is 8.08. The van der Waals surface area contributed by atoms with Crippen LogP contribution in [0.5, 0.6) is 5.75 Å². The maximum atomic E-state index is 11.1. The Morgan fingerprint density at radius 3 is 2.34 bits per heavy atom. The largest absolute Gasteiger partial charge is 1.00 e. The zero-order valence-electron chi connectivity index (χ0n) is 19.2. The van der Waals surface area contributed by atoms with Crippen molar-refractivity contribution in [3.8, 4) is 17.0 Å². The van der Waals surface area contributed by atoms with Crippen molar-refractivity contribution in [2.45, 2.75) is 37.8 Å². The summed E-state index contributed by atoms with van der Waals surface area (Å²) < 4.78 is 13.4. The Morgan fingerprint density at radius 2 is 1.75 bits per heavy atom. The fraction of sp³-hybridized carbons (Fsp3) is 0.320. The molecule has 1 atom stereocenters. The Bertz CT molecular complexity index is 986. The number of aryl methyl sites for hydroxylation is 1. The van der Waals surface area contributed by atoms with E-state index in [0.717, 1.165) is 17.9 Å². The van der Waals surface area contributed by atoms with Crippen molar-refractivity contribution < 1.29 is 38.2 Å². The fourth-order valence-corrected chi connectivity index (χ4v) is 3.89. The van der Waals surface area contributed by atoms with Gasteiger partial charge in [0.1, 0.15) is 18.5 Å². The number of carboxylic acids is 1. The number of hydrogen-bond donors (Lipinski definition) is 0. The van der Waals surface area contributed by atoms with Crippen molar-refractivity contribution in [3.63, 3.8) is 0 Å². The van der Waals surface area contributed by atoms with Gasteiger partial charge in [0.25, 0.3) is 0 Å². The van der Waals surface area contributed by atoms with Crippen molar-refractivity contribution in [3.05, 3.63) is 71.9 Å². The van der Waals surface area contributed by atoms with E-state index in [-0.39, 0.29) is 25.3 Å². The van der Waals surface area contributed by atoms with E-state index in [0.29, 0.717) is 13.2 Å². The van der Waals surface area contributed by atoms with Gasteiger partial charge in [0.2, 0.25) is 0 Å². The minimum Gasteiger partial charge on any atom is -0.547 e. The molecule has 0 saturated heterocycles. The smallest absolute Gasteiger partial charge is 0.547 e. The number of carboxylic acid groups (broad SMARTS) is 1. The van der Waals surface area contributed by atoms with Crippen molar-refractivity contribution in [1.82, 2.24) is 4.57 Å². The van der Waals surface area contributed by atoms with Crippen LogP contribution in [0, 0.1) is 6.92 Å². The van der Waals surface area contributed by atoms with Gasteiger partial charge < -0.3 is 23.9 Å². The molecule has 0 bridgehead atoms. The van der Waals surface area contributed by atoms with Gasteiger partial charge in [0, 0.05) is 29.3 Å². The molecule has 0 fully saturated rings. The zero-order valence-corrected chi connectivity index (χ0v) is 20.0. The summed E-state index contributed by atoms with van der Waals surface area (Å²) >= 11 is 1.74. The van der Waals surface area contributed by atoms with Gasteiger partial charge in [-0.25, -0.2) is 0 Å². The number of rotatable bonds is 11. The molecular weight excluding hydrogens is 417 g/mol. The Balaban J connectivity index is 0.00000363. The molecule has 0 N–H and O–H groups in total. The average molecular weight is 446 g/mol. The third-order valence-electron chi connectivity index (χ3n) is 5.14. The quantitative estimate of drug-likeness (QED) is 0.325. The monoisotopic (exact) mass is 445 g/mol. The van der Waals surface area contributed by atoms with Gasteiger partial charge >= 0.3 is 18.9 Å². The van der Waals surface area contributed by atoms with Crippen LogP contribution >= 0.6 is 11.8 Å². The van der Waals surface area contributed by atoms with Crippen LogP contribution in [0.1, 0.15) is 18.2 Å². The standard InChI is InChI=1S/C25H29NO4S.Li/c1-4-29-24(25(27)28)17-19-6-10-21(11-7-19)30-16-15-26-18(2)5-14-23(26)20-8-12-22(31-3)13-9-20;/h5-14,24H,4,15-17H2,1-3H3,(H,27,28);/q;+1/p-1/t24-;/m0./s1. The predicted molar refractivity (Wildman–Crippen MR) is 122 cm³/mol. The third kappa shape index (κ3) is 6.95. The molecule has 164 valence electrons. The van der Waals surface area contributed by atoms with Crippen LogP contribution in [0.25, 0.3) is 11.3 Å². The summed E-state index contributed by atoms with van der Waals surface area (Å²) in [6.45, 7) is 5.47. The van der Waals surface area contributed by atoms with E-state index in [1.165, 1.54) is 21.8 Å². The molecule has 0 unspecified atom stereocenters. The summed E-state index contributed by atoms with van der Waals surface area (Å²) in [4.78, 5) is 12.4. The summed E-state index contributed by atoms with van der Waals surface area (Å²) in [6, 6.07) is 20.3. The molecular formula is C25H28LiNO4S. The first-order valence-electron chi connectivity index (χ1n) is 10.4. The average Bonchev–Trinajstić information content (AvgIpc) is 3.15. The van der Waals surface area contributed by atoms with E-state index in [9.17, 15) is 9.90 Å². The number of aliphatic carboxylic acids is 1. The number of thioether (sulfide) groups is 1. The molecule has 5 nitrogen and oxygen atoms in total. The number of benzene rings is 2. The summed E-state index contributed by atoms with van der Waals surface area (Å²) in [5.41, 5.74) is 4.42. The zero-order chi connectivity index (χ0) is 22.2. The number of carbonyl (C=O) groups excluding carboxylic acids is 1. The van der Waals surface area contributed by atoms with Crippen LogP contribution in [-0.2, 0) is 22.5 Å². The van der Waals surface area contributed by atoms with Crippen LogP contribution in [0.3, 0.4) is 0 Å². The summed E-state index contributed by atoms with van der Waals surface area (Å²) in [7, 11) is 0. The first-order valence-corrected chi connectivity index (χ1v) is 11.6. The van der Waals surface area contributed by atoms with Gasteiger partial charge in [-0.05, 0) is 67.6 Å². The van der Waals surface area contributed by atoms with Gasteiger partial charge in [-0.3, -0.25) is 0 Å². The summed E-state index contributed by atoms with van der Waals surface area (Å²) in [5.74, 6) is -0.441. The molecule has 1 heterocycles. The van der Waals surface area contributed by atoms with Crippen LogP contribution < -0.4 is 28.7 Å². The molecule has 1 aromatic heterocycles. The molecule has 0 aliphatic carbocycles. The molecule has 0 spiro atoms. The Morgan fingerprint density at radius 1 is 1.06 bits per heavy atom. The molecule has 0 aliphatic heterocycles. The number of carbonyl (C=O) groups is 1. The second-order valence-electron chi connectivity index (χ2n) is 7.20. The second kappa shape index (κ2) is 12.8. The first-order chi connectivity index (χ1) is 15.0. The molecule has 32 heavy (non-hydrogen) atoms. The van der Waals surface area contributed by atoms with E-state index in [1.807, 2.05) is 24.3 Å². The molecule has 0 saturated carbocycles. The van der Waals surface area contributed by atoms with E-state index in [2.05, 4.69) is 54.1 Å². The minimum atomic E-state index is -1.19. The Kier molecular flexibility index (Phi) is 10.5. The Hall–Kier alpha value is -2.10. The fourth-order valence-electron chi connectivity index (χ4n) is 3.48. The van der Waals surface area contributed by atoms with Gasteiger partial charge in [-0.2, -0.15) is 0 Å². The maximum Gasteiger partial charge on any atom is 1.00 e. The minimum absolute atomic E-state index is 0. The van der Waals surface area contributed by atoms with Crippen LogP contribution in [-0.4, -0.2) is 36.1 Å². The Labute approximate surface area is 206 Å². The molecule has 0 aliphatic rings. The molecule has 7 heteroatoms. The number of hydrogen-bond acceptors (Lipinski definition) is 5. The topological polar surface area (TPSA) is 63.5 Å². The molecule has 0 radical (unpaired) electrons. The molecule has 3 aromatic rings. The van der Waals surface area contributed by atoms with Crippen molar-refractivity contribution in [2.75, 3.05) is 19.5 Å². The van der Waals surface area contributed by atoms with Gasteiger partial charge in [-0.15, -0.1) is 11.8 Å². The first kappa shape index (κ1) is 26.2. The molecule has 3 rings (SSSR count). The number of ether oxygens (including phenoxy) is 2. The van der Waals surface area contributed by atoms with E-state index in [1.54, 1.807) is 18.7 Å². The van der Waals surface area contributed by atoms with Gasteiger partial charge in [0.05, 0.1) is 12.5 Å². The summed E-state index contributed by atoms with van der Waals surface area (Å²) in [5, 5.41) is 11.1. The van der Waals surface area contributed by atoms with Gasteiger partial charge in [0.15, 0.2) is 0 Å². The van der Waals surface area contributed by atoms with Crippen molar-refractivity contribution in [2.24, 2.45) is 0 Å². The van der Waals surface area contributed by atoms with E-state index >= 15 is 0 Å². The van der Waals surface area contributed by atoms with Crippen molar-refractivity contribution in [1.29, 1.82) is 0 Å². The normalized spacial score (nSPS) is 11.6.